The first-order valence-corrected chi connectivity index (χ1v) is 9.68. The van der Waals surface area contributed by atoms with E-state index in [0.717, 1.165) is 27.5 Å². The van der Waals surface area contributed by atoms with Gasteiger partial charge in [0, 0.05) is 16.8 Å². The fourth-order valence-electron chi connectivity index (χ4n) is 3.67. The zero-order chi connectivity index (χ0) is 22.1. The summed E-state index contributed by atoms with van der Waals surface area (Å²) in [5, 5.41) is 12.1. The lowest BCUT2D eigenvalue weighted by Crippen LogP contribution is -2.15. The fraction of sp³-hybridized carbons (Fsp3) is 0.0400. The van der Waals surface area contributed by atoms with Crippen molar-refractivity contribution >= 4 is 33.9 Å². The van der Waals surface area contributed by atoms with Gasteiger partial charge in [0.05, 0.1) is 5.69 Å². The molecule has 154 valence electrons. The number of halogens is 1. The predicted octanol–water partition coefficient (Wildman–Crippen LogP) is 5.07. The first-order chi connectivity index (χ1) is 14.8. The van der Waals surface area contributed by atoms with Crippen molar-refractivity contribution in [3.8, 4) is 11.1 Å². The third-order valence-electron chi connectivity index (χ3n) is 5.17. The van der Waals surface area contributed by atoms with Crippen molar-refractivity contribution in [2.45, 2.75) is 6.92 Å². The minimum atomic E-state index is -0.477. The highest BCUT2D eigenvalue weighted by Crippen LogP contribution is 2.31. The lowest BCUT2D eigenvalue weighted by molar-refractivity contribution is 0.102. The van der Waals surface area contributed by atoms with Crippen LogP contribution in [0.3, 0.4) is 0 Å². The molecule has 0 heterocycles. The van der Waals surface area contributed by atoms with Crippen molar-refractivity contribution in [2.24, 2.45) is 5.73 Å². The van der Waals surface area contributed by atoms with Gasteiger partial charge in [0.25, 0.3) is 5.91 Å². The number of carbonyl (C=O) groups is 1. The summed E-state index contributed by atoms with van der Waals surface area (Å²) in [6.45, 7) is 1.79. The van der Waals surface area contributed by atoms with Crippen molar-refractivity contribution in [1.29, 1.82) is 5.41 Å². The van der Waals surface area contributed by atoms with Crippen LogP contribution >= 0.6 is 0 Å². The summed E-state index contributed by atoms with van der Waals surface area (Å²) in [5.74, 6) is -0.981. The molecule has 0 aliphatic rings. The normalized spacial score (nSPS) is 10.8. The molecular formula is C25H21FN4O. The average molecular weight is 412 g/mol. The number of rotatable bonds is 4. The number of carbonyl (C=O) groups excluding carboxylic acids is 1. The van der Waals surface area contributed by atoms with Gasteiger partial charge in [-0.3, -0.25) is 10.2 Å². The lowest BCUT2D eigenvalue weighted by Gasteiger charge is -2.13. The molecule has 0 saturated heterocycles. The number of benzene rings is 4. The van der Waals surface area contributed by atoms with E-state index < -0.39 is 11.7 Å². The molecule has 6 heteroatoms. The zero-order valence-electron chi connectivity index (χ0n) is 16.9. The smallest absolute Gasteiger partial charge is 0.256 e. The van der Waals surface area contributed by atoms with Crippen LogP contribution in [0.2, 0.25) is 0 Å². The number of amidine groups is 1. The van der Waals surface area contributed by atoms with Crippen LogP contribution in [0.5, 0.6) is 0 Å². The second kappa shape index (κ2) is 7.91. The average Bonchev–Trinajstić information content (AvgIpc) is 2.74. The monoisotopic (exact) mass is 412 g/mol. The Morgan fingerprint density at radius 2 is 1.77 bits per heavy atom. The lowest BCUT2D eigenvalue weighted by atomic mass is 9.94. The Kier molecular flexibility index (Phi) is 5.13. The summed E-state index contributed by atoms with van der Waals surface area (Å²) in [6, 6.07) is 21.0. The van der Waals surface area contributed by atoms with E-state index in [-0.39, 0.29) is 11.5 Å². The van der Waals surface area contributed by atoms with Gasteiger partial charge in [-0.25, -0.2) is 4.39 Å². The van der Waals surface area contributed by atoms with Crippen LogP contribution in [0.15, 0.2) is 72.8 Å². The van der Waals surface area contributed by atoms with Gasteiger partial charge in [0.1, 0.15) is 11.7 Å². The van der Waals surface area contributed by atoms with Gasteiger partial charge < -0.3 is 16.8 Å². The molecule has 0 saturated carbocycles. The van der Waals surface area contributed by atoms with Gasteiger partial charge in [0.2, 0.25) is 0 Å². The first kappa shape index (κ1) is 20.1. The maximum atomic E-state index is 14.2. The van der Waals surface area contributed by atoms with E-state index >= 15 is 0 Å². The summed E-state index contributed by atoms with van der Waals surface area (Å²) in [4.78, 5) is 12.9. The molecule has 4 rings (SSSR count). The number of hydrogen-bond acceptors (Lipinski definition) is 3. The SMILES string of the molecule is Cc1ccc(NC(=O)c2cccc3cc(-c4cccc(N)c4C(=N)N)ccc23)c(F)c1. The quantitative estimate of drug-likeness (QED) is 0.214. The number of fused-ring (bicyclic) bond motifs is 1. The Labute approximate surface area is 179 Å². The molecule has 6 N–H and O–H groups in total. The molecule has 0 radical (unpaired) electrons. The summed E-state index contributed by atoms with van der Waals surface area (Å²) >= 11 is 0. The van der Waals surface area contributed by atoms with Gasteiger partial charge in [0.15, 0.2) is 0 Å². The number of aryl methyl sites for hydroxylation is 1. The van der Waals surface area contributed by atoms with Crippen LogP contribution in [-0.2, 0) is 0 Å². The predicted molar refractivity (Wildman–Crippen MR) is 124 cm³/mol. The maximum absolute atomic E-state index is 14.2. The molecule has 0 aromatic heterocycles. The molecule has 0 unspecified atom stereocenters. The minimum absolute atomic E-state index is 0.110. The van der Waals surface area contributed by atoms with Crippen LogP contribution in [-0.4, -0.2) is 11.7 Å². The van der Waals surface area contributed by atoms with E-state index in [1.54, 1.807) is 43.3 Å². The molecule has 1 amide bonds. The minimum Gasteiger partial charge on any atom is -0.398 e. The van der Waals surface area contributed by atoms with Crippen molar-refractivity contribution in [3.05, 3.63) is 95.3 Å². The zero-order valence-corrected chi connectivity index (χ0v) is 16.9. The highest BCUT2D eigenvalue weighted by molar-refractivity contribution is 6.14. The van der Waals surface area contributed by atoms with E-state index in [4.69, 9.17) is 16.9 Å². The Balaban J connectivity index is 1.75. The molecule has 4 aromatic carbocycles. The van der Waals surface area contributed by atoms with Gasteiger partial charge in [-0.2, -0.15) is 0 Å². The fourth-order valence-corrected chi connectivity index (χ4v) is 3.67. The van der Waals surface area contributed by atoms with Crippen molar-refractivity contribution in [1.82, 2.24) is 0 Å². The Hall–Kier alpha value is -4.19. The van der Waals surface area contributed by atoms with Crippen molar-refractivity contribution in [3.63, 3.8) is 0 Å². The van der Waals surface area contributed by atoms with Crippen LogP contribution in [0.4, 0.5) is 15.8 Å². The Morgan fingerprint density at radius 3 is 2.52 bits per heavy atom. The Morgan fingerprint density at radius 1 is 1.00 bits per heavy atom. The summed E-state index contributed by atoms with van der Waals surface area (Å²) in [6.07, 6.45) is 0. The van der Waals surface area contributed by atoms with Crippen LogP contribution in [0.25, 0.3) is 21.9 Å². The molecule has 0 aliphatic carbocycles. The van der Waals surface area contributed by atoms with Crippen molar-refractivity contribution < 1.29 is 9.18 Å². The molecular weight excluding hydrogens is 391 g/mol. The molecule has 0 spiro atoms. The van der Waals surface area contributed by atoms with Crippen LogP contribution < -0.4 is 16.8 Å². The molecule has 5 nitrogen and oxygen atoms in total. The standard InChI is InChI=1S/C25H21FN4O/c1-14-8-11-22(20(26)12-14)30-25(31)19-6-2-4-15-13-16(9-10-17(15)19)18-5-3-7-21(27)23(18)24(28)29/h2-13H,27H2,1H3,(H3,28,29)(H,30,31). The number of hydrogen-bond donors (Lipinski definition) is 4. The summed E-state index contributed by atoms with van der Waals surface area (Å²) in [7, 11) is 0. The second-order valence-electron chi connectivity index (χ2n) is 7.36. The number of nitrogen functional groups attached to an aromatic ring is 2. The topological polar surface area (TPSA) is 105 Å². The van der Waals surface area contributed by atoms with Gasteiger partial charge in [-0.15, -0.1) is 0 Å². The van der Waals surface area contributed by atoms with Gasteiger partial charge in [-0.1, -0.05) is 42.5 Å². The second-order valence-corrected chi connectivity index (χ2v) is 7.36. The number of nitrogens with two attached hydrogens (primary N) is 2. The summed E-state index contributed by atoms with van der Waals surface area (Å²) < 4.78 is 14.2. The Bertz CT molecular complexity index is 1350. The van der Waals surface area contributed by atoms with E-state index in [2.05, 4.69) is 5.32 Å². The van der Waals surface area contributed by atoms with Crippen molar-refractivity contribution in [2.75, 3.05) is 11.1 Å². The highest BCUT2D eigenvalue weighted by Gasteiger charge is 2.15. The summed E-state index contributed by atoms with van der Waals surface area (Å²) in [5.41, 5.74) is 15.6. The third kappa shape index (κ3) is 3.83. The molecule has 4 aromatic rings. The maximum Gasteiger partial charge on any atom is 0.256 e. The molecule has 0 fully saturated rings. The molecule has 0 aliphatic heterocycles. The van der Waals surface area contributed by atoms with Crippen LogP contribution in [0.1, 0.15) is 21.5 Å². The number of nitrogens with one attached hydrogen (secondary N) is 2. The molecule has 31 heavy (non-hydrogen) atoms. The molecule has 0 atom stereocenters. The highest BCUT2D eigenvalue weighted by atomic mass is 19.1. The first-order valence-electron chi connectivity index (χ1n) is 9.68. The van der Waals surface area contributed by atoms with E-state index in [1.165, 1.54) is 6.07 Å². The van der Waals surface area contributed by atoms with Gasteiger partial charge in [-0.05, 0) is 64.7 Å². The van der Waals surface area contributed by atoms with E-state index in [0.29, 0.717) is 16.8 Å². The number of anilines is 2. The van der Waals surface area contributed by atoms with Crippen LogP contribution in [0, 0.1) is 18.2 Å². The number of amides is 1. The largest absolute Gasteiger partial charge is 0.398 e. The van der Waals surface area contributed by atoms with E-state index in [9.17, 15) is 9.18 Å². The molecule has 0 bridgehead atoms. The van der Waals surface area contributed by atoms with Gasteiger partial charge >= 0.3 is 0 Å². The third-order valence-corrected chi connectivity index (χ3v) is 5.17. The van der Waals surface area contributed by atoms with E-state index in [1.807, 2.05) is 30.3 Å².